The fraction of sp³-hybridized carbons (Fsp3) is 0.300. The van der Waals surface area contributed by atoms with Crippen molar-refractivity contribution in [3.05, 3.63) is 46.2 Å². The topological polar surface area (TPSA) is 109 Å². The summed E-state index contributed by atoms with van der Waals surface area (Å²) in [7, 11) is 0. The van der Waals surface area contributed by atoms with Crippen LogP contribution in [0.5, 0.6) is 11.5 Å². The minimum Gasteiger partial charge on any atom is -0.460 e. The summed E-state index contributed by atoms with van der Waals surface area (Å²) in [6, 6.07) is 8.89. The molecule has 1 saturated heterocycles. The molecule has 7 nitrogen and oxygen atoms in total. The lowest BCUT2D eigenvalue weighted by molar-refractivity contribution is -0.277. The Balaban J connectivity index is 1.70. The third-order valence-corrected chi connectivity index (χ3v) is 5.10. The normalized spacial score (nSPS) is 27.5. The number of terminal acetylenes is 1. The van der Waals surface area contributed by atoms with Gasteiger partial charge < -0.3 is 34.6 Å². The molecule has 5 unspecified atom stereocenters. The number of aliphatic hydroxyl groups excluding tert-OH is 4. The molecule has 5 atom stereocenters. The molecule has 8 heteroatoms. The van der Waals surface area contributed by atoms with Crippen molar-refractivity contribution in [3.8, 4) is 24.0 Å². The summed E-state index contributed by atoms with van der Waals surface area (Å²) >= 11 is 1.42. The van der Waals surface area contributed by atoms with E-state index in [1.165, 1.54) is 11.3 Å². The first-order valence-electron chi connectivity index (χ1n) is 8.48. The molecule has 2 heterocycles. The van der Waals surface area contributed by atoms with E-state index in [0.717, 1.165) is 10.4 Å². The molecule has 148 valence electrons. The zero-order valence-electron chi connectivity index (χ0n) is 14.7. The van der Waals surface area contributed by atoms with E-state index in [1.807, 2.05) is 29.7 Å². The first-order chi connectivity index (χ1) is 13.5. The van der Waals surface area contributed by atoms with E-state index in [-0.39, 0.29) is 0 Å². The molecule has 1 aliphatic heterocycles. The molecule has 0 saturated carbocycles. The van der Waals surface area contributed by atoms with Crippen LogP contribution in [-0.2, 0) is 4.74 Å². The second-order valence-corrected chi connectivity index (χ2v) is 7.03. The van der Waals surface area contributed by atoms with E-state index < -0.39 is 37.3 Å². The van der Waals surface area contributed by atoms with Gasteiger partial charge in [-0.25, -0.2) is 0 Å². The minimum absolute atomic E-state index is 0.442. The summed E-state index contributed by atoms with van der Waals surface area (Å²) in [5, 5.41) is 40.9. The lowest BCUT2D eigenvalue weighted by atomic mass is 9.99. The van der Waals surface area contributed by atoms with Gasteiger partial charge in [-0.3, -0.25) is 0 Å². The number of hydrogen-bond donors (Lipinski definition) is 4. The third kappa shape index (κ3) is 4.54. The Kier molecular flexibility index (Phi) is 6.70. The zero-order valence-corrected chi connectivity index (χ0v) is 15.5. The Morgan fingerprint density at radius 3 is 2.50 bits per heavy atom. The number of benzene rings is 1. The van der Waals surface area contributed by atoms with Crippen LogP contribution < -0.4 is 9.47 Å². The van der Waals surface area contributed by atoms with Gasteiger partial charge >= 0.3 is 0 Å². The molecule has 2 aromatic rings. The van der Waals surface area contributed by atoms with Gasteiger partial charge in [-0.05, 0) is 35.2 Å². The molecule has 1 aliphatic rings. The monoisotopic (exact) mass is 404 g/mol. The summed E-state index contributed by atoms with van der Waals surface area (Å²) in [6.45, 7) is -0.513. The molecule has 1 fully saturated rings. The van der Waals surface area contributed by atoms with Crippen LogP contribution in [0.3, 0.4) is 0 Å². The van der Waals surface area contributed by atoms with Crippen LogP contribution in [0.15, 0.2) is 35.7 Å². The van der Waals surface area contributed by atoms with Crippen LogP contribution in [0, 0.1) is 12.5 Å². The van der Waals surface area contributed by atoms with Crippen LogP contribution >= 0.6 is 11.3 Å². The fourth-order valence-electron chi connectivity index (χ4n) is 2.70. The first-order valence-corrected chi connectivity index (χ1v) is 9.36. The maximum absolute atomic E-state index is 10.1. The highest BCUT2D eigenvalue weighted by atomic mass is 32.1. The van der Waals surface area contributed by atoms with Crippen molar-refractivity contribution in [1.82, 2.24) is 0 Å². The molecule has 0 bridgehead atoms. The standard InChI is InChI=1S/C20H20O7S/c1-2-25-13-6-3-12(4-7-13)5-8-16-14(9-10-28-16)26-20-19(24)18(23)17(22)15(11-21)27-20/h1,3-10,15,17-24H,11H2. The highest BCUT2D eigenvalue weighted by Crippen LogP contribution is 2.31. The van der Waals surface area contributed by atoms with E-state index in [9.17, 15) is 20.4 Å². The van der Waals surface area contributed by atoms with E-state index >= 15 is 0 Å². The van der Waals surface area contributed by atoms with Gasteiger partial charge in [0.25, 0.3) is 0 Å². The van der Waals surface area contributed by atoms with Crippen molar-refractivity contribution in [3.63, 3.8) is 0 Å². The van der Waals surface area contributed by atoms with Crippen molar-refractivity contribution in [2.75, 3.05) is 6.61 Å². The molecule has 0 spiro atoms. The van der Waals surface area contributed by atoms with E-state index in [2.05, 4.69) is 6.11 Å². The molecule has 4 N–H and O–H groups in total. The second-order valence-electron chi connectivity index (χ2n) is 6.09. The largest absolute Gasteiger partial charge is 0.460 e. The maximum atomic E-state index is 10.1. The van der Waals surface area contributed by atoms with Crippen LogP contribution in [-0.4, -0.2) is 57.7 Å². The summed E-state index contributed by atoms with van der Waals surface area (Å²) in [5.74, 6) is 1.01. The second kappa shape index (κ2) is 9.21. The van der Waals surface area contributed by atoms with E-state index in [4.69, 9.17) is 20.6 Å². The quantitative estimate of drug-likeness (QED) is 0.533. The predicted molar refractivity (Wildman–Crippen MR) is 104 cm³/mol. The highest BCUT2D eigenvalue weighted by molar-refractivity contribution is 7.11. The van der Waals surface area contributed by atoms with Gasteiger partial charge in [-0.1, -0.05) is 24.6 Å². The van der Waals surface area contributed by atoms with Crippen LogP contribution in [0.4, 0.5) is 0 Å². The molecule has 1 aromatic carbocycles. The smallest absolute Gasteiger partial charge is 0.229 e. The predicted octanol–water partition coefficient (Wildman–Crippen LogP) is 1.07. The molecule has 0 aliphatic carbocycles. The molecular weight excluding hydrogens is 384 g/mol. The van der Waals surface area contributed by atoms with E-state index in [0.29, 0.717) is 11.5 Å². The van der Waals surface area contributed by atoms with Crippen LogP contribution in [0.25, 0.3) is 12.2 Å². The van der Waals surface area contributed by atoms with Crippen LogP contribution in [0.2, 0.25) is 0 Å². The summed E-state index contributed by atoms with van der Waals surface area (Å²) in [6.07, 6.45) is 4.27. The Morgan fingerprint density at radius 1 is 1.07 bits per heavy atom. The number of ether oxygens (including phenoxy) is 3. The van der Waals surface area contributed by atoms with Crippen molar-refractivity contribution < 1.29 is 34.6 Å². The average Bonchev–Trinajstić information content (AvgIpc) is 3.15. The van der Waals surface area contributed by atoms with Crippen molar-refractivity contribution in [2.45, 2.75) is 30.7 Å². The average molecular weight is 404 g/mol. The Hall–Kier alpha value is -2.38. The van der Waals surface area contributed by atoms with Crippen LogP contribution in [0.1, 0.15) is 10.4 Å². The number of hydrogen-bond acceptors (Lipinski definition) is 8. The molecule has 0 amide bonds. The number of thiophene rings is 1. The van der Waals surface area contributed by atoms with Gasteiger partial charge in [0.2, 0.25) is 6.29 Å². The Bertz CT molecular complexity index is 837. The maximum Gasteiger partial charge on any atom is 0.229 e. The lowest BCUT2D eigenvalue weighted by Gasteiger charge is -2.39. The Morgan fingerprint density at radius 2 is 1.82 bits per heavy atom. The number of aliphatic hydroxyl groups is 4. The number of rotatable bonds is 6. The molecule has 28 heavy (non-hydrogen) atoms. The third-order valence-electron chi connectivity index (χ3n) is 4.23. The van der Waals surface area contributed by atoms with Gasteiger partial charge in [-0.15, -0.1) is 11.3 Å². The highest BCUT2D eigenvalue weighted by Gasteiger charge is 2.44. The first kappa shape index (κ1) is 20.4. The molecule has 0 radical (unpaired) electrons. The van der Waals surface area contributed by atoms with Gasteiger partial charge in [0.15, 0.2) is 0 Å². The Labute approximate surface area is 166 Å². The summed E-state index contributed by atoms with van der Waals surface area (Å²) in [4.78, 5) is 0.765. The van der Waals surface area contributed by atoms with Gasteiger partial charge in [0.1, 0.15) is 42.0 Å². The van der Waals surface area contributed by atoms with Gasteiger partial charge in [-0.2, -0.15) is 0 Å². The zero-order chi connectivity index (χ0) is 20.1. The van der Waals surface area contributed by atoms with Crippen molar-refractivity contribution in [2.24, 2.45) is 0 Å². The summed E-state index contributed by atoms with van der Waals surface area (Å²) in [5.41, 5.74) is 0.913. The van der Waals surface area contributed by atoms with Gasteiger partial charge in [0, 0.05) is 0 Å². The molecule has 3 rings (SSSR count). The van der Waals surface area contributed by atoms with Crippen molar-refractivity contribution >= 4 is 23.5 Å². The minimum atomic E-state index is -1.49. The van der Waals surface area contributed by atoms with Gasteiger partial charge in [0.05, 0.1) is 11.5 Å². The fourth-order valence-corrected chi connectivity index (χ4v) is 3.42. The van der Waals surface area contributed by atoms with E-state index in [1.54, 1.807) is 18.2 Å². The summed E-state index contributed by atoms with van der Waals surface area (Å²) < 4.78 is 16.0. The molecular formula is C20H20O7S. The lowest BCUT2D eigenvalue weighted by Crippen LogP contribution is -2.60. The molecule has 1 aromatic heterocycles. The van der Waals surface area contributed by atoms with Crippen molar-refractivity contribution in [1.29, 1.82) is 0 Å². The SMILES string of the molecule is C#COc1ccc(C=Cc2sccc2OC2OC(CO)C(O)C(O)C2O)cc1.